The molecule has 1 unspecified atom stereocenters. The van der Waals surface area contributed by atoms with Crippen LogP contribution >= 0.6 is 0 Å². The Morgan fingerprint density at radius 3 is 2.59 bits per heavy atom. The molecule has 0 bridgehead atoms. The molecule has 2 aliphatic rings. The molecule has 10 nitrogen and oxygen atoms in total. The molecule has 1 atom stereocenters. The molecule has 27 heavy (non-hydrogen) atoms. The summed E-state index contributed by atoms with van der Waals surface area (Å²) in [6.45, 7) is 2.04. The number of imide groups is 1. The standard InChI is InChI=1S/C17H24N8O2/c1-22-9-13(16(26)23(2)17(22)27)25-6-4-11(5-7-25)21-14-12-8-20-24(3)15(12)19-10-18-14/h8,10-11,13H,4-7,9H2,1-3H3,(H,18,19,21). The van der Waals surface area contributed by atoms with Gasteiger partial charge < -0.3 is 10.2 Å². The maximum Gasteiger partial charge on any atom is 0.326 e. The van der Waals surface area contributed by atoms with Crippen LogP contribution in [0, 0.1) is 0 Å². The first-order chi connectivity index (χ1) is 13.0. The number of piperidine rings is 1. The Morgan fingerprint density at radius 2 is 1.85 bits per heavy atom. The van der Waals surface area contributed by atoms with Crippen LogP contribution in [0.25, 0.3) is 11.0 Å². The maximum atomic E-state index is 12.5. The number of likely N-dealkylation sites (N-methyl/N-ethyl adjacent to an activating group) is 2. The van der Waals surface area contributed by atoms with Crippen LogP contribution in [0.5, 0.6) is 0 Å². The number of fused-ring (bicyclic) bond motifs is 1. The number of likely N-dealkylation sites (tertiary alicyclic amines) is 1. The van der Waals surface area contributed by atoms with Crippen molar-refractivity contribution in [1.82, 2.24) is 34.4 Å². The Morgan fingerprint density at radius 1 is 1.11 bits per heavy atom. The predicted octanol–water partition coefficient (Wildman–Crippen LogP) is 0.132. The summed E-state index contributed by atoms with van der Waals surface area (Å²) in [5.41, 5.74) is 0.800. The topological polar surface area (TPSA) is 99.5 Å². The van der Waals surface area contributed by atoms with Gasteiger partial charge in [-0.1, -0.05) is 0 Å². The Labute approximate surface area is 157 Å². The van der Waals surface area contributed by atoms with Crippen LogP contribution in [0.4, 0.5) is 10.6 Å². The summed E-state index contributed by atoms with van der Waals surface area (Å²) < 4.78 is 1.73. The molecule has 2 saturated heterocycles. The number of hydrogen-bond acceptors (Lipinski definition) is 7. The van der Waals surface area contributed by atoms with Crippen LogP contribution < -0.4 is 5.32 Å². The van der Waals surface area contributed by atoms with Crippen molar-refractivity contribution in [1.29, 1.82) is 0 Å². The normalized spacial score (nSPS) is 22.7. The molecule has 3 amide bonds. The van der Waals surface area contributed by atoms with Gasteiger partial charge in [-0.3, -0.25) is 19.3 Å². The van der Waals surface area contributed by atoms with E-state index in [-0.39, 0.29) is 24.0 Å². The van der Waals surface area contributed by atoms with E-state index >= 15 is 0 Å². The van der Waals surface area contributed by atoms with Gasteiger partial charge in [-0.25, -0.2) is 14.8 Å². The lowest BCUT2D eigenvalue weighted by atomic mass is 10.0. The van der Waals surface area contributed by atoms with Gasteiger partial charge in [0.2, 0.25) is 5.91 Å². The smallest absolute Gasteiger partial charge is 0.326 e. The number of hydrogen-bond donors (Lipinski definition) is 1. The number of carbonyl (C=O) groups is 2. The van der Waals surface area contributed by atoms with Gasteiger partial charge in [0, 0.05) is 46.8 Å². The highest BCUT2D eigenvalue weighted by atomic mass is 16.2. The van der Waals surface area contributed by atoms with E-state index < -0.39 is 0 Å². The quantitative estimate of drug-likeness (QED) is 0.818. The van der Waals surface area contributed by atoms with Crippen LogP contribution in [-0.2, 0) is 11.8 Å². The highest BCUT2D eigenvalue weighted by Crippen LogP contribution is 2.23. The number of aryl methyl sites for hydroxylation is 1. The van der Waals surface area contributed by atoms with Gasteiger partial charge in [-0.05, 0) is 12.8 Å². The predicted molar refractivity (Wildman–Crippen MR) is 99.1 cm³/mol. The molecule has 0 aliphatic carbocycles. The summed E-state index contributed by atoms with van der Waals surface area (Å²) in [5, 5.41) is 8.66. The third-order valence-electron chi connectivity index (χ3n) is 5.52. The molecule has 2 fully saturated rings. The Balaban J connectivity index is 1.40. The number of rotatable bonds is 3. The largest absolute Gasteiger partial charge is 0.367 e. The van der Waals surface area contributed by atoms with E-state index in [0.717, 1.165) is 42.8 Å². The van der Waals surface area contributed by atoms with Gasteiger partial charge >= 0.3 is 6.03 Å². The molecule has 4 heterocycles. The highest BCUT2D eigenvalue weighted by Gasteiger charge is 2.39. The SMILES string of the molecule is CN1CC(N2CCC(Nc3ncnc4c3cnn4C)CC2)C(=O)N(C)C1=O. The summed E-state index contributed by atoms with van der Waals surface area (Å²) in [6.07, 6.45) is 5.12. The van der Waals surface area contributed by atoms with Crippen LogP contribution in [0.1, 0.15) is 12.8 Å². The minimum Gasteiger partial charge on any atom is -0.367 e. The summed E-state index contributed by atoms with van der Waals surface area (Å²) in [7, 11) is 5.15. The van der Waals surface area contributed by atoms with E-state index in [0.29, 0.717) is 6.54 Å². The highest BCUT2D eigenvalue weighted by molar-refractivity contribution is 5.99. The number of carbonyl (C=O) groups excluding carboxylic acids is 2. The molecule has 2 aliphatic heterocycles. The van der Waals surface area contributed by atoms with Gasteiger partial charge in [0.15, 0.2) is 5.65 Å². The van der Waals surface area contributed by atoms with Gasteiger partial charge in [-0.2, -0.15) is 5.10 Å². The zero-order valence-corrected chi connectivity index (χ0v) is 15.8. The first kappa shape index (κ1) is 17.7. The lowest BCUT2D eigenvalue weighted by molar-refractivity contribution is -0.136. The lowest BCUT2D eigenvalue weighted by Crippen LogP contribution is -2.62. The third-order valence-corrected chi connectivity index (χ3v) is 5.52. The van der Waals surface area contributed by atoms with Crippen molar-refractivity contribution in [3.8, 4) is 0 Å². The van der Waals surface area contributed by atoms with E-state index in [1.165, 1.54) is 4.90 Å². The first-order valence-electron chi connectivity index (χ1n) is 9.11. The molecule has 10 heteroatoms. The van der Waals surface area contributed by atoms with E-state index in [2.05, 4.69) is 25.3 Å². The fourth-order valence-electron chi connectivity index (χ4n) is 3.89. The number of aromatic nitrogens is 4. The Hall–Kier alpha value is -2.75. The van der Waals surface area contributed by atoms with Gasteiger partial charge in [0.25, 0.3) is 0 Å². The molecule has 2 aromatic heterocycles. The third kappa shape index (κ3) is 3.09. The molecule has 2 aromatic rings. The minimum absolute atomic E-state index is 0.114. The monoisotopic (exact) mass is 372 g/mol. The molecule has 0 aromatic carbocycles. The zero-order valence-electron chi connectivity index (χ0n) is 15.8. The van der Waals surface area contributed by atoms with Crippen LogP contribution in [0.2, 0.25) is 0 Å². The molecule has 0 saturated carbocycles. The van der Waals surface area contributed by atoms with Crippen LogP contribution in [-0.4, -0.2) is 92.2 Å². The lowest BCUT2D eigenvalue weighted by Gasteiger charge is -2.42. The van der Waals surface area contributed by atoms with Crippen molar-refractivity contribution in [2.24, 2.45) is 7.05 Å². The molecule has 144 valence electrons. The molecule has 1 N–H and O–H groups in total. The second-order valence-corrected chi connectivity index (χ2v) is 7.26. The van der Waals surface area contributed by atoms with Crippen molar-refractivity contribution in [2.75, 3.05) is 39.0 Å². The Kier molecular flexibility index (Phi) is 4.42. The summed E-state index contributed by atoms with van der Waals surface area (Å²) in [6, 6.07) is -0.227. The number of anilines is 1. The number of nitrogens with zero attached hydrogens (tertiary/aromatic N) is 7. The Bertz CT molecular complexity index is 873. The summed E-state index contributed by atoms with van der Waals surface area (Å²) in [5.74, 6) is 0.683. The number of nitrogens with one attached hydrogen (secondary N) is 1. The number of amides is 3. The van der Waals surface area contributed by atoms with Gasteiger partial charge in [-0.15, -0.1) is 0 Å². The van der Waals surface area contributed by atoms with Crippen molar-refractivity contribution < 1.29 is 9.59 Å². The molecule has 4 rings (SSSR count). The van der Waals surface area contributed by atoms with E-state index in [4.69, 9.17) is 0 Å². The second kappa shape index (κ2) is 6.76. The fourth-order valence-corrected chi connectivity index (χ4v) is 3.89. The zero-order chi connectivity index (χ0) is 19.1. The fraction of sp³-hybridized carbons (Fsp3) is 0.588. The van der Waals surface area contributed by atoms with Crippen LogP contribution in [0.15, 0.2) is 12.5 Å². The number of urea groups is 1. The molecular formula is C17H24N8O2. The second-order valence-electron chi connectivity index (χ2n) is 7.26. The van der Waals surface area contributed by atoms with E-state index in [1.54, 1.807) is 36.2 Å². The summed E-state index contributed by atoms with van der Waals surface area (Å²) in [4.78, 5) is 38.0. The van der Waals surface area contributed by atoms with Crippen molar-refractivity contribution >= 4 is 28.8 Å². The molecule has 0 spiro atoms. The molecular weight excluding hydrogens is 348 g/mol. The first-order valence-corrected chi connectivity index (χ1v) is 9.11. The van der Waals surface area contributed by atoms with Crippen molar-refractivity contribution in [3.63, 3.8) is 0 Å². The summed E-state index contributed by atoms with van der Waals surface area (Å²) >= 11 is 0. The van der Waals surface area contributed by atoms with E-state index in [9.17, 15) is 9.59 Å². The van der Waals surface area contributed by atoms with Gasteiger partial charge in [0.05, 0.1) is 11.6 Å². The van der Waals surface area contributed by atoms with Gasteiger partial charge in [0.1, 0.15) is 18.2 Å². The average Bonchev–Trinajstić information content (AvgIpc) is 3.06. The van der Waals surface area contributed by atoms with Crippen molar-refractivity contribution in [2.45, 2.75) is 24.9 Å². The van der Waals surface area contributed by atoms with Crippen molar-refractivity contribution in [3.05, 3.63) is 12.5 Å². The minimum atomic E-state index is -0.261. The molecule has 0 radical (unpaired) electrons. The maximum absolute atomic E-state index is 12.5. The average molecular weight is 372 g/mol. The van der Waals surface area contributed by atoms with Crippen LogP contribution in [0.3, 0.4) is 0 Å². The van der Waals surface area contributed by atoms with E-state index in [1.807, 2.05) is 7.05 Å².